The molecule has 2 amide bonds. The molecular formula is C20H20N4O5S2. The fourth-order valence-corrected chi connectivity index (χ4v) is 4.70. The van der Waals surface area contributed by atoms with Crippen LogP contribution in [0.1, 0.15) is 22.3 Å². The lowest BCUT2D eigenvalue weighted by molar-refractivity contribution is -0.114. The van der Waals surface area contributed by atoms with Gasteiger partial charge in [-0.3, -0.25) is 14.3 Å². The molecular weight excluding hydrogens is 440 g/mol. The number of benzene rings is 2. The second-order valence-corrected chi connectivity index (χ2v) is 9.11. The fourth-order valence-electron chi connectivity index (χ4n) is 2.61. The van der Waals surface area contributed by atoms with Gasteiger partial charge in [0.25, 0.3) is 15.9 Å². The maximum Gasteiger partial charge on any atom is 0.267 e. The van der Waals surface area contributed by atoms with E-state index < -0.39 is 15.9 Å². The van der Waals surface area contributed by atoms with Gasteiger partial charge in [0.15, 0.2) is 5.13 Å². The average Bonchev–Trinajstić information content (AvgIpc) is 3.08. The zero-order valence-electron chi connectivity index (χ0n) is 16.9. The van der Waals surface area contributed by atoms with Crippen molar-refractivity contribution in [3.05, 3.63) is 59.1 Å². The molecule has 1 aromatic heterocycles. The Balaban J connectivity index is 1.72. The van der Waals surface area contributed by atoms with Gasteiger partial charge in [-0.1, -0.05) is 11.3 Å². The number of rotatable bonds is 7. The van der Waals surface area contributed by atoms with Gasteiger partial charge in [0.05, 0.1) is 17.7 Å². The van der Waals surface area contributed by atoms with Gasteiger partial charge in [0.2, 0.25) is 5.91 Å². The van der Waals surface area contributed by atoms with E-state index in [9.17, 15) is 18.0 Å². The molecule has 3 aromatic rings. The number of anilines is 3. The molecule has 0 aliphatic heterocycles. The smallest absolute Gasteiger partial charge is 0.267 e. The zero-order valence-corrected chi connectivity index (χ0v) is 18.6. The number of aryl methyl sites for hydroxylation is 1. The lowest BCUT2D eigenvalue weighted by Crippen LogP contribution is -2.12. The summed E-state index contributed by atoms with van der Waals surface area (Å²) in [5, 5.41) is 5.45. The van der Waals surface area contributed by atoms with E-state index >= 15 is 0 Å². The number of carbonyl (C=O) groups is 2. The van der Waals surface area contributed by atoms with Crippen molar-refractivity contribution < 1.29 is 22.7 Å². The Labute approximate surface area is 183 Å². The molecule has 9 nitrogen and oxygen atoms in total. The summed E-state index contributed by atoms with van der Waals surface area (Å²) in [7, 11) is -2.37. The average molecular weight is 461 g/mol. The van der Waals surface area contributed by atoms with Crippen LogP contribution in [0.3, 0.4) is 0 Å². The minimum Gasteiger partial charge on any atom is -0.497 e. The van der Waals surface area contributed by atoms with Crippen LogP contribution in [0.4, 0.5) is 16.5 Å². The number of methoxy groups -OCH3 is 1. The zero-order chi connectivity index (χ0) is 22.6. The van der Waals surface area contributed by atoms with Gasteiger partial charge >= 0.3 is 0 Å². The molecule has 0 radical (unpaired) electrons. The van der Waals surface area contributed by atoms with E-state index in [1.807, 2.05) is 0 Å². The van der Waals surface area contributed by atoms with Crippen LogP contribution in [-0.4, -0.2) is 32.3 Å². The molecule has 0 aliphatic rings. The number of hydrogen-bond donors (Lipinski definition) is 3. The van der Waals surface area contributed by atoms with Crippen LogP contribution in [0.15, 0.2) is 53.4 Å². The number of sulfonamides is 1. The first-order valence-corrected chi connectivity index (χ1v) is 11.3. The molecule has 0 aliphatic carbocycles. The predicted molar refractivity (Wildman–Crippen MR) is 119 cm³/mol. The monoisotopic (exact) mass is 460 g/mol. The minimum absolute atomic E-state index is 0.0476. The van der Waals surface area contributed by atoms with E-state index in [0.29, 0.717) is 22.8 Å². The first-order chi connectivity index (χ1) is 14.7. The summed E-state index contributed by atoms with van der Waals surface area (Å²) in [4.78, 5) is 28.2. The lowest BCUT2D eigenvalue weighted by atomic mass is 10.2. The Morgan fingerprint density at radius 1 is 0.968 bits per heavy atom. The van der Waals surface area contributed by atoms with Crippen molar-refractivity contribution in [3.63, 3.8) is 0 Å². The molecule has 3 N–H and O–H groups in total. The van der Waals surface area contributed by atoms with Crippen molar-refractivity contribution in [2.45, 2.75) is 18.7 Å². The van der Waals surface area contributed by atoms with Crippen LogP contribution in [-0.2, 0) is 14.8 Å². The highest BCUT2D eigenvalue weighted by molar-refractivity contribution is 7.93. The van der Waals surface area contributed by atoms with E-state index in [0.717, 1.165) is 11.3 Å². The van der Waals surface area contributed by atoms with Crippen LogP contribution in [0.5, 0.6) is 5.75 Å². The summed E-state index contributed by atoms with van der Waals surface area (Å²) in [6.07, 6.45) is 0. The normalized spacial score (nSPS) is 10.9. The Hall–Kier alpha value is -3.44. The molecule has 0 atom stereocenters. The molecule has 2 aromatic carbocycles. The van der Waals surface area contributed by atoms with E-state index in [4.69, 9.17) is 4.74 Å². The van der Waals surface area contributed by atoms with Gasteiger partial charge in [-0.25, -0.2) is 13.4 Å². The van der Waals surface area contributed by atoms with E-state index in [2.05, 4.69) is 20.3 Å². The van der Waals surface area contributed by atoms with Gasteiger partial charge < -0.3 is 15.4 Å². The number of amides is 2. The van der Waals surface area contributed by atoms with Crippen LogP contribution in [0, 0.1) is 6.92 Å². The number of nitrogens with one attached hydrogen (secondary N) is 3. The highest BCUT2D eigenvalue weighted by Crippen LogP contribution is 2.27. The van der Waals surface area contributed by atoms with Crippen LogP contribution < -0.4 is 20.1 Å². The van der Waals surface area contributed by atoms with Gasteiger partial charge in [-0.2, -0.15) is 0 Å². The second-order valence-electron chi connectivity index (χ2n) is 6.43. The van der Waals surface area contributed by atoms with E-state index in [1.54, 1.807) is 31.2 Å². The molecule has 11 heteroatoms. The Morgan fingerprint density at radius 2 is 1.55 bits per heavy atom. The van der Waals surface area contributed by atoms with Crippen molar-refractivity contribution in [2.24, 2.45) is 0 Å². The molecule has 0 saturated carbocycles. The number of ether oxygens (including phenoxy) is 1. The van der Waals surface area contributed by atoms with E-state index in [-0.39, 0.29) is 20.8 Å². The van der Waals surface area contributed by atoms with Crippen LogP contribution in [0.2, 0.25) is 0 Å². The standard InChI is InChI=1S/C20H20N4O5S2/c1-12-18(19(26)23-15-6-4-14(5-7-15)22-13(2)25)30-20(21-12)24-31(27,28)17-10-8-16(29-3)9-11-17/h4-11H,1-3H3,(H,21,24)(H,22,25)(H,23,26). The Bertz CT molecular complexity index is 1200. The van der Waals surface area contributed by atoms with Gasteiger partial charge in [0, 0.05) is 18.3 Å². The number of aromatic nitrogens is 1. The first kappa shape index (κ1) is 22.2. The topological polar surface area (TPSA) is 126 Å². The Morgan fingerprint density at radius 3 is 2.10 bits per heavy atom. The quantitative estimate of drug-likeness (QED) is 0.496. The predicted octanol–water partition coefficient (Wildman–Crippen LogP) is 3.47. The molecule has 0 bridgehead atoms. The molecule has 0 fully saturated rings. The minimum atomic E-state index is -3.86. The summed E-state index contributed by atoms with van der Waals surface area (Å²) in [6.45, 7) is 3.03. The van der Waals surface area contributed by atoms with Crippen molar-refractivity contribution in [1.29, 1.82) is 0 Å². The first-order valence-electron chi connectivity index (χ1n) is 9.01. The highest BCUT2D eigenvalue weighted by atomic mass is 32.2. The summed E-state index contributed by atoms with van der Waals surface area (Å²) < 4.78 is 32.6. The van der Waals surface area contributed by atoms with E-state index in [1.165, 1.54) is 38.3 Å². The third kappa shape index (κ3) is 5.58. The van der Waals surface area contributed by atoms with Gasteiger partial charge in [0.1, 0.15) is 10.6 Å². The molecule has 0 saturated heterocycles. The number of thiazole rings is 1. The summed E-state index contributed by atoms with van der Waals surface area (Å²) in [6, 6.07) is 12.5. The summed E-state index contributed by atoms with van der Waals surface area (Å²) in [5.41, 5.74) is 1.52. The van der Waals surface area contributed by atoms with Gasteiger partial charge in [-0.15, -0.1) is 0 Å². The third-order valence-electron chi connectivity index (χ3n) is 4.06. The number of nitrogens with zero attached hydrogens (tertiary/aromatic N) is 1. The summed E-state index contributed by atoms with van der Waals surface area (Å²) in [5.74, 6) is -0.0769. The van der Waals surface area contributed by atoms with Crippen molar-refractivity contribution >= 4 is 49.7 Å². The molecule has 0 unspecified atom stereocenters. The summed E-state index contributed by atoms with van der Waals surface area (Å²) >= 11 is 0.932. The highest BCUT2D eigenvalue weighted by Gasteiger charge is 2.20. The molecule has 1 heterocycles. The van der Waals surface area contributed by atoms with Crippen molar-refractivity contribution in [1.82, 2.24) is 4.98 Å². The van der Waals surface area contributed by atoms with Crippen molar-refractivity contribution in [2.75, 3.05) is 22.5 Å². The molecule has 3 rings (SSSR count). The lowest BCUT2D eigenvalue weighted by Gasteiger charge is -2.06. The maximum atomic E-state index is 12.6. The van der Waals surface area contributed by atoms with Crippen LogP contribution >= 0.6 is 11.3 Å². The van der Waals surface area contributed by atoms with Crippen LogP contribution in [0.25, 0.3) is 0 Å². The third-order valence-corrected chi connectivity index (χ3v) is 6.61. The number of hydrogen-bond acceptors (Lipinski definition) is 7. The molecule has 31 heavy (non-hydrogen) atoms. The number of carbonyl (C=O) groups excluding carboxylic acids is 2. The Kier molecular flexibility index (Phi) is 6.56. The maximum absolute atomic E-state index is 12.6. The fraction of sp³-hybridized carbons (Fsp3) is 0.150. The second kappa shape index (κ2) is 9.14. The van der Waals surface area contributed by atoms with Crippen molar-refractivity contribution in [3.8, 4) is 5.75 Å². The van der Waals surface area contributed by atoms with Gasteiger partial charge in [-0.05, 0) is 55.5 Å². The SMILES string of the molecule is COc1ccc(S(=O)(=O)Nc2nc(C)c(C(=O)Nc3ccc(NC(C)=O)cc3)s2)cc1. The molecule has 0 spiro atoms. The largest absolute Gasteiger partial charge is 0.497 e. The molecule has 162 valence electrons.